The normalized spacial score (nSPS) is 11.2. The molecule has 2 aromatic carbocycles. The maximum Gasteiger partial charge on any atom is 0.261 e. The van der Waals surface area contributed by atoms with Crippen LogP contribution in [0.3, 0.4) is 0 Å². The Morgan fingerprint density at radius 1 is 0.839 bits per heavy atom. The van der Waals surface area contributed by atoms with Crippen LogP contribution in [0.1, 0.15) is 11.1 Å². The average Bonchev–Trinajstić information content (AvgIpc) is 2.77. The molecule has 2 N–H and O–H groups in total. The van der Waals surface area contributed by atoms with Gasteiger partial charge in [0, 0.05) is 24.3 Å². The maximum atomic E-state index is 12.7. The number of sulfonamides is 1. The third-order valence-electron chi connectivity index (χ3n) is 4.52. The van der Waals surface area contributed by atoms with Crippen LogP contribution in [0.4, 0.5) is 17.3 Å². The van der Waals surface area contributed by atoms with Crippen LogP contribution in [0.2, 0.25) is 0 Å². The monoisotopic (exact) mass is 432 g/mol. The van der Waals surface area contributed by atoms with E-state index >= 15 is 0 Å². The van der Waals surface area contributed by atoms with E-state index in [0.717, 1.165) is 11.1 Å². The fraction of sp³-hybridized carbons (Fsp3) is 0.0909. The number of aromatic nitrogens is 4. The van der Waals surface area contributed by atoms with E-state index in [4.69, 9.17) is 0 Å². The Morgan fingerprint density at radius 3 is 2.32 bits per heavy atom. The Labute approximate surface area is 180 Å². The minimum atomic E-state index is -3.70. The summed E-state index contributed by atoms with van der Waals surface area (Å²) in [5, 5.41) is 3.14. The van der Waals surface area contributed by atoms with Gasteiger partial charge in [0.25, 0.3) is 10.0 Å². The Kier molecular flexibility index (Phi) is 5.59. The Balaban J connectivity index is 1.58. The van der Waals surface area contributed by atoms with Crippen molar-refractivity contribution in [3.8, 4) is 11.5 Å². The van der Waals surface area contributed by atoms with E-state index in [1.807, 2.05) is 19.9 Å². The van der Waals surface area contributed by atoms with E-state index in [1.165, 1.54) is 0 Å². The molecule has 0 aliphatic carbocycles. The molecule has 0 saturated heterocycles. The van der Waals surface area contributed by atoms with E-state index in [1.54, 1.807) is 67.1 Å². The summed E-state index contributed by atoms with van der Waals surface area (Å²) in [6.45, 7) is 3.81. The first-order chi connectivity index (χ1) is 14.9. The molecule has 0 saturated carbocycles. The van der Waals surface area contributed by atoms with Gasteiger partial charge in [-0.2, -0.15) is 0 Å². The Bertz CT molecular complexity index is 1310. The summed E-state index contributed by atoms with van der Waals surface area (Å²) in [5.74, 6) is 0.843. The summed E-state index contributed by atoms with van der Waals surface area (Å²) >= 11 is 0. The van der Waals surface area contributed by atoms with Crippen molar-refractivity contribution in [2.24, 2.45) is 0 Å². The molecule has 4 aromatic rings. The Hall–Kier alpha value is -3.85. The van der Waals surface area contributed by atoms with Crippen LogP contribution in [-0.2, 0) is 10.0 Å². The second-order valence-corrected chi connectivity index (χ2v) is 8.59. The largest absolute Gasteiger partial charge is 0.324 e. The number of rotatable bonds is 6. The van der Waals surface area contributed by atoms with Gasteiger partial charge in [-0.15, -0.1) is 0 Å². The second kappa shape index (κ2) is 8.49. The van der Waals surface area contributed by atoms with E-state index in [0.29, 0.717) is 28.8 Å². The van der Waals surface area contributed by atoms with Gasteiger partial charge >= 0.3 is 0 Å². The van der Waals surface area contributed by atoms with Crippen LogP contribution >= 0.6 is 0 Å². The molecule has 31 heavy (non-hydrogen) atoms. The number of hydrogen-bond acceptors (Lipinski definition) is 7. The third kappa shape index (κ3) is 4.84. The van der Waals surface area contributed by atoms with Crippen molar-refractivity contribution in [2.75, 3.05) is 10.0 Å². The van der Waals surface area contributed by atoms with Crippen molar-refractivity contribution in [1.29, 1.82) is 0 Å². The number of aryl methyl sites for hydroxylation is 2. The zero-order chi connectivity index (χ0) is 21.8. The highest BCUT2D eigenvalue weighted by molar-refractivity contribution is 7.92. The van der Waals surface area contributed by atoms with Gasteiger partial charge in [0.15, 0.2) is 5.82 Å². The summed E-state index contributed by atoms with van der Waals surface area (Å²) in [5.41, 5.74) is 3.57. The Morgan fingerprint density at radius 2 is 1.58 bits per heavy atom. The van der Waals surface area contributed by atoms with Gasteiger partial charge in [-0.1, -0.05) is 23.8 Å². The molecule has 0 amide bonds. The predicted octanol–water partition coefficient (Wildman–Crippen LogP) is 4.09. The number of nitrogens with zero attached hydrogens (tertiary/aromatic N) is 4. The van der Waals surface area contributed by atoms with Crippen molar-refractivity contribution >= 4 is 27.3 Å². The average molecular weight is 433 g/mol. The lowest BCUT2D eigenvalue weighted by molar-refractivity contribution is 0.601. The van der Waals surface area contributed by atoms with E-state index < -0.39 is 10.0 Å². The highest BCUT2D eigenvalue weighted by Crippen LogP contribution is 2.25. The van der Waals surface area contributed by atoms with Crippen LogP contribution in [0.5, 0.6) is 0 Å². The molecule has 0 spiro atoms. The van der Waals surface area contributed by atoms with Crippen LogP contribution in [0.25, 0.3) is 11.5 Å². The molecule has 0 bridgehead atoms. The molecular weight excluding hydrogens is 412 g/mol. The van der Waals surface area contributed by atoms with Gasteiger partial charge in [0.2, 0.25) is 5.95 Å². The lowest BCUT2D eigenvalue weighted by Crippen LogP contribution is -2.13. The molecule has 4 rings (SSSR count). The summed E-state index contributed by atoms with van der Waals surface area (Å²) in [4.78, 5) is 17.3. The van der Waals surface area contributed by atoms with E-state index in [9.17, 15) is 8.42 Å². The van der Waals surface area contributed by atoms with Gasteiger partial charge in [-0.25, -0.2) is 28.4 Å². The fourth-order valence-electron chi connectivity index (χ4n) is 2.85. The van der Waals surface area contributed by atoms with Crippen LogP contribution in [0, 0.1) is 13.8 Å². The van der Waals surface area contributed by atoms with Gasteiger partial charge < -0.3 is 5.32 Å². The molecule has 0 aliphatic heterocycles. The minimum Gasteiger partial charge on any atom is -0.324 e. The van der Waals surface area contributed by atoms with Gasteiger partial charge in [0.1, 0.15) is 5.69 Å². The van der Waals surface area contributed by atoms with Gasteiger partial charge in [-0.3, -0.25) is 4.72 Å². The van der Waals surface area contributed by atoms with Crippen LogP contribution in [0.15, 0.2) is 78.1 Å². The molecule has 0 fully saturated rings. The fourth-order valence-corrected chi connectivity index (χ4v) is 3.90. The zero-order valence-electron chi connectivity index (χ0n) is 16.9. The zero-order valence-corrected chi connectivity index (χ0v) is 17.8. The summed E-state index contributed by atoms with van der Waals surface area (Å²) in [6.07, 6.45) is 4.90. The second-order valence-electron chi connectivity index (χ2n) is 6.91. The first-order valence-corrected chi connectivity index (χ1v) is 11.0. The smallest absolute Gasteiger partial charge is 0.261 e. The molecular formula is C22H20N6O2S. The first kappa shape index (κ1) is 20.4. The lowest BCUT2D eigenvalue weighted by Gasteiger charge is -2.13. The van der Waals surface area contributed by atoms with Crippen LogP contribution < -0.4 is 10.0 Å². The van der Waals surface area contributed by atoms with Crippen molar-refractivity contribution in [3.63, 3.8) is 0 Å². The lowest BCUT2D eigenvalue weighted by atomic mass is 10.2. The van der Waals surface area contributed by atoms with Crippen molar-refractivity contribution in [2.45, 2.75) is 18.7 Å². The van der Waals surface area contributed by atoms with Crippen molar-refractivity contribution < 1.29 is 8.42 Å². The minimum absolute atomic E-state index is 0.201. The predicted molar refractivity (Wildman–Crippen MR) is 120 cm³/mol. The molecule has 0 atom stereocenters. The number of anilines is 3. The molecule has 0 aliphatic rings. The van der Waals surface area contributed by atoms with Crippen molar-refractivity contribution in [3.05, 3.63) is 84.3 Å². The summed E-state index contributed by atoms with van der Waals surface area (Å²) in [6, 6.07) is 15.4. The van der Waals surface area contributed by atoms with Crippen molar-refractivity contribution in [1.82, 2.24) is 19.9 Å². The number of benzene rings is 2. The molecule has 9 heteroatoms. The third-order valence-corrected chi connectivity index (χ3v) is 5.92. The molecule has 156 valence electrons. The molecule has 8 nitrogen and oxygen atoms in total. The van der Waals surface area contributed by atoms with Gasteiger partial charge in [0.05, 0.1) is 10.6 Å². The molecule has 2 heterocycles. The first-order valence-electron chi connectivity index (χ1n) is 9.48. The summed E-state index contributed by atoms with van der Waals surface area (Å²) < 4.78 is 28.0. The van der Waals surface area contributed by atoms with E-state index in [2.05, 4.69) is 30.0 Å². The highest BCUT2D eigenvalue weighted by Gasteiger charge is 2.15. The highest BCUT2D eigenvalue weighted by atomic mass is 32.2. The molecule has 2 aromatic heterocycles. The summed E-state index contributed by atoms with van der Waals surface area (Å²) in [7, 11) is -3.70. The molecule has 0 radical (unpaired) electrons. The van der Waals surface area contributed by atoms with E-state index in [-0.39, 0.29) is 4.90 Å². The topological polar surface area (TPSA) is 110 Å². The number of hydrogen-bond donors (Lipinski definition) is 2. The molecule has 0 unspecified atom stereocenters. The SMILES string of the molecule is Cc1ccc(S(=O)(=O)Nc2ccc(C)c(Nc3nccc(-c4ncccn4)n3)c2)cc1. The number of nitrogens with one attached hydrogen (secondary N) is 2. The maximum absolute atomic E-state index is 12.7. The standard InChI is InChI=1S/C22H20N6O2S/c1-15-4-8-18(9-5-15)31(29,30)28-17-7-6-16(2)20(14-17)27-22-25-13-10-19(26-22)21-23-11-3-12-24-21/h3-14,28H,1-2H3,(H,25,26,27). The van der Waals surface area contributed by atoms with Crippen LogP contribution in [-0.4, -0.2) is 28.4 Å². The van der Waals surface area contributed by atoms with Gasteiger partial charge in [-0.05, 0) is 55.8 Å². The quantitative estimate of drug-likeness (QED) is 0.472.